The fourth-order valence-corrected chi connectivity index (χ4v) is 0. The molecule has 1 nitrogen and oxygen atoms in total. The Morgan fingerprint density at radius 1 is 1.38 bits per heavy atom. The van der Waals surface area contributed by atoms with Crippen molar-refractivity contribution < 1.29 is 5.11 Å². The molecule has 50 valence electrons. The quantitative estimate of drug-likeness (QED) is 0.518. The molecule has 0 saturated heterocycles. The number of aliphatic hydroxyl groups is 1. The van der Waals surface area contributed by atoms with E-state index in [0.29, 0.717) is 5.92 Å². The topological polar surface area (TPSA) is 20.2 Å². The molecule has 0 aliphatic rings. The molecular formula is C7H16O. The number of allylic oxidation sites excluding steroid dienone is 1. The second-order valence-corrected chi connectivity index (χ2v) is 2.00. The van der Waals surface area contributed by atoms with Crippen LogP contribution in [0.25, 0.3) is 0 Å². The van der Waals surface area contributed by atoms with Crippen LogP contribution in [0.2, 0.25) is 0 Å². The highest BCUT2D eigenvalue weighted by molar-refractivity contribution is 4.90. The van der Waals surface area contributed by atoms with Crippen LogP contribution in [-0.4, -0.2) is 12.2 Å². The lowest BCUT2D eigenvalue weighted by Crippen LogP contribution is -1.83. The molecule has 8 heavy (non-hydrogen) atoms. The Morgan fingerprint density at radius 3 is 1.50 bits per heavy atom. The maximum atomic E-state index is 7.00. The predicted octanol–water partition coefficient (Wildman–Crippen LogP) is 1.83. The summed E-state index contributed by atoms with van der Waals surface area (Å²) < 4.78 is 0. The zero-order valence-corrected chi connectivity index (χ0v) is 6.23. The summed E-state index contributed by atoms with van der Waals surface area (Å²) in [6.07, 6.45) is 0. The van der Waals surface area contributed by atoms with E-state index in [2.05, 4.69) is 20.4 Å². The summed E-state index contributed by atoms with van der Waals surface area (Å²) in [5.74, 6) is 0.657. The molecule has 0 aromatic rings. The Hall–Kier alpha value is -0.300. The van der Waals surface area contributed by atoms with E-state index in [9.17, 15) is 0 Å². The van der Waals surface area contributed by atoms with E-state index in [0.717, 1.165) is 7.11 Å². The van der Waals surface area contributed by atoms with Crippen molar-refractivity contribution in [2.24, 2.45) is 5.92 Å². The average molecular weight is 116 g/mol. The molecule has 0 unspecified atom stereocenters. The number of rotatable bonds is 1. The summed E-state index contributed by atoms with van der Waals surface area (Å²) in [6, 6.07) is 0. The summed E-state index contributed by atoms with van der Waals surface area (Å²) in [6.45, 7) is 10.1. The van der Waals surface area contributed by atoms with Crippen molar-refractivity contribution in [1.82, 2.24) is 0 Å². The van der Waals surface area contributed by atoms with E-state index in [-0.39, 0.29) is 0 Å². The molecule has 0 spiro atoms. The molecule has 0 radical (unpaired) electrons. The van der Waals surface area contributed by atoms with Crippen LogP contribution in [0.5, 0.6) is 0 Å². The summed E-state index contributed by atoms with van der Waals surface area (Å²) >= 11 is 0. The molecule has 0 saturated carbocycles. The Bertz CT molecular complexity index is 55.4. The predicted molar refractivity (Wildman–Crippen MR) is 37.8 cm³/mol. The molecule has 1 N–H and O–H groups in total. The summed E-state index contributed by atoms with van der Waals surface area (Å²) in [4.78, 5) is 0. The van der Waals surface area contributed by atoms with Gasteiger partial charge in [0.15, 0.2) is 0 Å². The van der Waals surface area contributed by atoms with Crippen molar-refractivity contribution in [2.45, 2.75) is 20.8 Å². The van der Waals surface area contributed by atoms with Crippen molar-refractivity contribution >= 4 is 0 Å². The average Bonchev–Trinajstić information content (AvgIpc) is 1.72. The Balaban J connectivity index is 0. The SMILES string of the molecule is C=C(C)C(C)C.CO. The van der Waals surface area contributed by atoms with Crippen LogP contribution in [0, 0.1) is 5.92 Å². The molecule has 0 aromatic carbocycles. The fourth-order valence-electron chi connectivity index (χ4n) is 0. The highest BCUT2D eigenvalue weighted by Crippen LogP contribution is 2.02. The van der Waals surface area contributed by atoms with Gasteiger partial charge in [0, 0.05) is 7.11 Å². The minimum Gasteiger partial charge on any atom is -0.400 e. The van der Waals surface area contributed by atoms with Crippen LogP contribution in [0.4, 0.5) is 0 Å². The van der Waals surface area contributed by atoms with Crippen molar-refractivity contribution in [1.29, 1.82) is 0 Å². The lowest BCUT2D eigenvalue weighted by Gasteiger charge is -1.97. The number of aliphatic hydroxyl groups excluding tert-OH is 1. The van der Waals surface area contributed by atoms with Crippen LogP contribution in [0.1, 0.15) is 20.8 Å². The first-order valence-corrected chi connectivity index (χ1v) is 2.74. The van der Waals surface area contributed by atoms with Gasteiger partial charge in [-0.25, -0.2) is 0 Å². The number of hydrogen-bond donors (Lipinski definition) is 1. The molecular weight excluding hydrogens is 100 g/mol. The second-order valence-electron chi connectivity index (χ2n) is 2.00. The molecule has 0 bridgehead atoms. The lowest BCUT2D eigenvalue weighted by molar-refractivity contribution is 0.399. The molecule has 0 rings (SSSR count). The molecule has 0 heterocycles. The van der Waals surface area contributed by atoms with Crippen molar-refractivity contribution in [3.63, 3.8) is 0 Å². The third kappa shape index (κ3) is 9.20. The van der Waals surface area contributed by atoms with E-state index in [4.69, 9.17) is 5.11 Å². The monoisotopic (exact) mass is 116 g/mol. The van der Waals surface area contributed by atoms with Crippen LogP contribution in [0.3, 0.4) is 0 Å². The Morgan fingerprint density at radius 2 is 1.50 bits per heavy atom. The van der Waals surface area contributed by atoms with Crippen LogP contribution in [-0.2, 0) is 0 Å². The zero-order valence-electron chi connectivity index (χ0n) is 6.23. The highest BCUT2D eigenvalue weighted by Gasteiger charge is 1.87. The molecule has 0 aliphatic heterocycles. The first-order chi connectivity index (χ1) is 3.64. The maximum absolute atomic E-state index is 7.00. The molecule has 1 heteroatoms. The fraction of sp³-hybridized carbons (Fsp3) is 0.714. The first-order valence-electron chi connectivity index (χ1n) is 2.74. The normalized spacial score (nSPS) is 7.75. The zero-order chi connectivity index (χ0) is 7.15. The Labute approximate surface area is 52.0 Å². The van der Waals surface area contributed by atoms with Crippen LogP contribution < -0.4 is 0 Å². The largest absolute Gasteiger partial charge is 0.400 e. The van der Waals surface area contributed by atoms with Gasteiger partial charge < -0.3 is 5.11 Å². The van der Waals surface area contributed by atoms with E-state index >= 15 is 0 Å². The summed E-state index contributed by atoms with van der Waals surface area (Å²) in [7, 11) is 1.00. The third-order valence-electron chi connectivity index (χ3n) is 0.986. The maximum Gasteiger partial charge on any atom is 0.0319 e. The van der Waals surface area contributed by atoms with Gasteiger partial charge in [0.05, 0.1) is 0 Å². The highest BCUT2D eigenvalue weighted by atomic mass is 16.2. The van der Waals surface area contributed by atoms with Gasteiger partial charge >= 0.3 is 0 Å². The summed E-state index contributed by atoms with van der Waals surface area (Å²) in [5, 5.41) is 7.00. The molecule has 0 fully saturated rings. The minimum atomic E-state index is 0.657. The van der Waals surface area contributed by atoms with Crippen LogP contribution >= 0.6 is 0 Å². The lowest BCUT2D eigenvalue weighted by atomic mass is 10.1. The van der Waals surface area contributed by atoms with Gasteiger partial charge in [-0.05, 0) is 12.8 Å². The molecule has 0 atom stereocenters. The third-order valence-corrected chi connectivity index (χ3v) is 0.986. The van der Waals surface area contributed by atoms with E-state index in [1.165, 1.54) is 5.57 Å². The second kappa shape index (κ2) is 6.70. The van der Waals surface area contributed by atoms with Crippen molar-refractivity contribution in [2.75, 3.05) is 7.11 Å². The standard InChI is InChI=1S/C6H12.CH4O/c1-5(2)6(3)4;1-2/h6H,1H2,2-4H3;2H,1H3. The van der Waals surface area contributed by atoms with E-state index in [1.54, 1.807) is 0 Å². The van der Waals surface area contributed by atoms with E-state index in [1.807, 2.05) is 6.92 Å². The van der Waals surface area contributed by atoms with Gasteiger partial charge in [-0.2, -0.15) is 0 Å². The van der Waals surface area contributed by atoms with Gasteiger partial charge in [-0.3, -0.25) is 0 Å². The number of hydrogen-bond acceptors (Lipinski definition) is 1. The minimum absolute atomic E-state index is 0.657. The van der Waals surface area contributed by atoms with Gasteiger partial charge in [0.25, 0.3) is 0 Å². The van der Waals surface area contributed by atoms with E-state index < -0.39 is 0 Å². The first kappa shape index (κ1) is 10.6. The van der Waals surface area contributed by atoms with Crippen molar-refractivity contribution in [3.05, 3.63) is 12.2 Å². The summed E-state index contributed by atoms with van der Waals surface area (Å²) in [5.41, 5.74) is 1.26. The molecule has 0 aliphatic carbocycles. The van der Waals surface area contributed by atoms with Crippen molar-refractivity contribution in [3.8, 4) is 0 Å². The van der Waals surface area contributed by atoms with Gasteiger partial charge in [0.1, 0.15) is 0 Å². The molecule has 0 aromatic heterocycles. The van der Waals surface area contributed by atoms with Gasteiger partial charge in [-0.1, -0.05) is 26.0 Å². The van der Waals surface area contributed by atoms with Gasteiger partial charge in [0.2, 0.25) is 0 Å². The van der Waals surface area contributed by atoms with Gasteiger partial charge in [-0.15, -0.1) is 0 Å². The van der Waals surface area contributed by atoms with Crippen LogP contribution in [0.15, 0.2) is 12.2 Å². The molecule has 0 amide bonds. The smallest absolute Gasteiger partial charge is 0.0319 e. The Kier molecular flexibility index (Phi) is 8.91.